The minimum absolute atomic E-state index is 0.146. The Bertz CT molecular complexity index is 1230. The Kier molecular flexibility index (Phi) is 5.28. The second kappa shape index (κ2) is 8.25. The van der Waals surface area contributed by atoms with Crippen molar-refractivity contribution < 1.29 is 18.3 Å². The molecule has 0 amide bonds. The van der Waals surface area contributed by atoms with Crippen LogP contribution in [0.25, 0.3) is 22.8 Å². The predicted octanol–water partition coefficient (Wildman–Crippen LogP) is 3.56. The van der Waals surface area contributed by atoms with Crippen LogP contribution >= 0.6 is 0 Å². The van der Waals surface area contributed by atoms with Crippen LogP contribution in [0.1, 0.15) is 17.3 Å². The first-order chi connectivity index (χ1) is 15.5. The molecule has 0 saturated carbocycles. The van der Waals surface area contributed by atoms with Crippen molar-refractivity contribution in [2.24, 2.45) is 0 Å². The van der Waals surface area contributed by atoms with E-state index < -0.39 is 6.23 Å². The first kappa shape index (κ1) is 20.5. The highest BCUT2D eigenvalue weighted by molar-refractivity contribution is 5.61. The molecule has 0 aliphatic carbocycles. The van der Waals surface area contributed by atoms with Gasteiger partial charge in [-0.05, 0) is 48.5 Å². The number of aromatic nitrogens is 4. The Morgan fingerprint density at radius 2 is 1.66 bits per heavy atom. The van der Waals surface area contributed by atoms with E-state index in [4.69, 9.17) is 4.42 Å². The standard InChI is InChI=1S/C23H21F2N5O2/c1-14-26-19-12-29(11-10-20(19)32-14)21(31)13-30-23(16-4-8-18(25)9-5-16)27-22(28-30)15-2-6-17(24)7-3-15/h2-9,21,31H,10-13H2,1H3/t21-/m1/s1. The number of nitrogens with zero attached hydrogens (tertiary/aromatic N) is 5. The monoisotopic (exact) mass is 437 g/mol. The molecule has 0 bridgehead atoms. The predicted molar refractivity (Wildman–Crippen MR) is 112 cm³/mol. The van der Waals surface area contributed by atoms with Crippen LogP contribution in [0.2, 0.25) is 0 Å². The van der Waals surface area contributed by atoms with Crippen LogP contribution in [0.4, 0.5) is 8.78 Å². The lowest BCUT2D eigenvalue weighted by Crippen LogP contribution is -2.41. The van der Waals surface area contributed by atoms with E-state index >= 15 is 0 Å². The summed E-state index contributed by atoms with van der Waals surface area (Å²) in [4.78, 5) is 10.9. The molecule has 0 radical (unpaired) electrons. The number of halogens is 2. The summed E-state index contributed by atoms with van der Waals surface area (Å²) in [5.74, 6) is 1.64. The molecule has 2 aromatic carbocycles. The van der Waals surface area contributed by atoms with E-state index in [1.807, 2.05) is 4.90 Å². The summed E-state index contributed by atoms with van der Waals surface area (Å²) >= 11 is 0. The molecule has 1 aliphatic heterocycles. The molecule has 164 valence electrons. The second-order valence-corrected chi connectivity index (χ2v) is 7.76. The Balaban J connectivity index is 1.45. The third-order valence-corrected chi connectivity index (χ3v) is 5.50. The maximum atomic E-state index is 13.4. The fraction of sp³-hybridized carbons (Fsp3) is 0.261. The van der Waals surface area contributed by atoms with Crippen molar-refractivity contribution in [2.75, 3.05) is 6.54 Å². The van der Waals surface area contributed by atoms with Crippen LogP contribution in [0.5, 0.6) is 0 Å². The van der Waals surface area contributed by atoms with Crippen molar-refractivity contribution in [1.82, 2.24) is 24.6 Å². The van der Waals surface area contributed by atoms with E-state index in [0.717, 1.165) is 11.5 Å². The number of aliphatic hydroxyl groups excluding tert-OH is 1. The van der Waals surface area contributed by atoms with Gasteiger partial charge in [0.2, 0.25) is 0 Å². The van der Waals surface area contributed by atoms with E-state index in [0.29, 0.717) is 48.2 Å². The summed E-state index contributed by atoms with van der Waals surface area (Å²) in [5, 5.41) is 15.5. The van der Waals surface area contributed by atoms with Crippen LogP contribution in [0, 0.1) is 18.6 Å². The molecule has 7 nitrogen and oxygen atoms in total. The zero-order valence-electron chi connectivity index (χ0n) is 17.4. The maximum Gasteiger partial charge on any atom is 0.191 e. The molecule has 0 fully saturated rings. The minimum atomic E-state index is -0.845. The molecule has 2 aromatic heterocycles. The summed E-state index contributed by atoms with van der Waals surface area (Å²) in [5.41, 5.74) is 2.13. The molecule has 4 aromatic rings. The van der Waals surface area contributed by atoms with Crippen molar-refractivity contribution in [3.05, 3.63) is 77.5 Å². The van der Waals surface area contributed by atoms with E-state index in [2.05, 4.69) is 15.1 Å². The highest BCUT2D eigenvalue weighted by Gasteiger charge is 2.27. The number of rotatable bonds is 5. The van der Waals surface area contributed by atoms with E-state index in [9.17, 15) is 13.9 Å². The van der Waals surface area contributed by atoms with Gasteiger partial charge in [0.25, 0.3) is 0 Å². The van der Waals surface area contributed by atoms with Crippen molar-refractivity contribution >= 4 is 0 Å². The Morgan fingerprint density at radius 3 is 2.34 bits per heavy atom. The number of hydrogen-bond acceptors (Lipinski definition) is 6. The first-order valence-electron chi connectivity index (χ1n) is 10.3. The molecule has 1 aliphatic rings. The summed E-state index contributed by atoms with van der Waals surface area (Å²) < 4.78 is 34.0. The van der Waals surface area contributed by atoms with Gasteiger partial charge in [0.15, 0.2) is 17.5 Å². The number of fused-ring (bicyclic) bond motifs is 1. The molecule has 1 atom stereocenters. The number of benzene rings is 2. The largest absolute Gasteiger partial charge is 0.446 e. The van der Waals surface area contributed by atoms with E-state index in [-0.39, 0.29) is 18.2 Å². The smallest absolute Gasteiger partial charge is 0.191 e. The lowest BCUT2D eigenvalue weighted by Gasteiger charge is -2.30. The summed E-state index contributed by atoms with van der Waals surface area (Å²) in [7, 11) is 0. The number of hydrogen-bond donors (Lipinski definition) is 1. The Hall–Kier alpha value is -3.43. The third kappa shape index (κ3) is 4.04. The lowest BCUT2D eigenvalue weighted by molar-refractivity contribution is -0.0213. The van der Waals surface area contributed by atoms with Crippen molar-refractivity contribution in [3.63, 3.8) is 0 Å². The maximum absolute atomic E-state index is 13.4. The van der Waals surface area contributed by atoms with Gasteiger partial charge in [-0.1, -0.05) is 0 Å². The van der Waals surface area contributed by atoms with Crippen LogP contribution < -0.4 is 0 Å². The van der Waals surface area contributed by atoms with Gasteiger partial charge in [0.05, 0.1) is 12.2 Å². The zero-order chi connectivity index (χ0) is 22.2. The molecule has 5 rings (SSSR count). The van der Waals surface area contributed by atoms with Gasteiger partial charge < -0.3 is 9.52 Å². The summed E-state index contributed by atoms with van der Waals surface area (Å²) in [6.45, 7) is 3.04. The number of aliphatic hydroxyl groups is 1. The molecule has 0 saturated heterocycles. The lowest BCUT2D eigenvalue weighted by atomic mass is 10.1. The molecular weight excluding hydrogens is 416 g/mol. The van der Waals surface area contributed by atoms with Crippen LogP contribution in [-0.2, 0) is 19.5 Å². The van der Waals surface area contributed by atoms with Gasteiger partial charge in [-0.2, -0.15) is 5.10 Å². The van der Waals surface area contributed by atoms with E-state index in [1.54, 1.807) is 35.9 Å². The van der Waals surface area contributed by atoms with Crippen LogP contribution in [0.3, 0.4) is 0 Å². The second-order valence-electron chi connectivity index (χ2n) is 7.76. The molecule has 9 heteroatoms. The molecule has 1 N–H and O–H groups in total. The third-order valence-electron chi connectivity index (χ3n) is 5.50. The Labute approximate surface area is 183 Å². The topological polar surface area (TPSA) is 80.2 Å². The fourth-order valence-corrected chi connectivity index (χ4v) is 3.88. The molecule has 0 unspecified atom stereocenters. The zero-order valence-corrected chi connectivity index (χ0v) is 17.4. The van der Waals surface area contributed by atoms with Gasteiger partial charge in [0.1, 0.15) is 23.6 Å². The minimum Gasteiger partial charge on any atom is -0.446 e. The average Bonchev–Trinajstić information content (AvgIpc) is 3.36. The average molecular weight is 437 g/mol. The summed E-state index contributed by atoms with van der Waals surface area (Å²) in [6, 6.07) is 11.8. The molecular formula is C23H21F2N5O2. The fourth-order valence-electron chi connectivity index (χ4n) is 3.88. The van der Waals surface area contributed by atoms with Crippen LogP contribution in [-0.4, -0.2) is 42.5 Å². The van der Waals surface area contributed by atoms with Gasteiger partial charge in [0, 0.05) is 37.6 Å². The normalized spacial score (nSPS) is 15.0. The van der Waals surface area contributed by atoms with E-state index in [1.165, 1.54) is 24.3 Å². The van der Waals surface area contributed by atoms with Crippen LogP contribution in [0.15, 0.2) is 52.9 Å². The summed E-state index contributed by atoms with van der Waals surface area (Å²) in [6.07, 6.45) is -0.182. The van der Waals surface area contributed by atoms with Gasteiger partial charge in [-0.25, -0.2) is 23.4 Å². The molecule has 3 heterocycles. The van der Waals surface area contributed by atoms with Crippen molar-refractivity contribution in [3.8, 4) is 22.8 Å². The highest BCUT2D eigenvalue weighted by Crippen LogP contribution is 2.25. The van der Waals surface area contributed by atoms with Crippen molar-refractivity contribution in [1.29, 1.82) is 0 Å². The quantitative estimate of drug-likeness (QED) is 0.514. The van der Waals surface area contributed by atoms with Gasteiger partial charge in [-0.3, -0.25) is 4.90 Å². The van der Waals surface area contributed by atoms with Gasteiger partial charge >= 0.3 is 0 Å². The Morgan fingerprint density at radius 1 is 1.00 bits per heavy atom. The number of aryl methyl sites for hydroxylation is 1. The van der Waals surface area contributed by atoms with Crippen molar-refractivity contribution in [2.45, 2.75) is 32.7 Å². The molecule has 0 spiro atoms. The first-order valence-corrected chi connectivity index (χ1v) is 10.3. The highest BCUT2D eigenvalue weighted by atomic mass is 19.1. The molecule has 32 heavy (non-hydrogen) atoms. The SMILES string of the molecule is Cc1nc2c(o1)CCN([C@H](O)Cn1nc(-c3ccc(F)cc3)nc1-c1ccc(F)cc1)C2. The van der Waals surface area contributed by atoms with Gasteiger partial charge in [-0.15, -0.1) is 0 Å². The number of oxazole rings is 1.